The lowest BCUT2D eigenvalue weighted by Gasteiger charge is -2.08. The van der Waals surface area contributed by atoms with E-state index in [9.17, 15) is 9.59 Å². The molecule has 2 aromatic rings. The summed E-state index contributed by atoms with van der Waals surface area (Å²) >= 11 is 0. The number of nitrogens with zero attached hydrogens (tertiary/aromatic N) is 2. The first kappa shape index (κ1) is 20.0. The van der Waals surface area contributed by atoms with Crippen molar-refractivity contribution in [3.05, 3.63) is 41.2 Å². The minimum Gasteiger partial charge on any atom is -0.493 e. The smallest absolute Gasteiger partial charge is 0.244 e. The molecule has 27 heavy (non-hydrogen) atoms. The number of aryl methyl sites for hydroxylation is 2. The summed E-state index contributed by atoms with van der Waals surface area (Å²) < 4.78 is 12.1. The molecule has 0 fully saturated rings. The summed E-state index contributed by atoms with van der Waals surface area (Å²) in [6, 6.07) is 5.30. The van der Waals surface area contributed by atoms with Gasteiger partial charge in [0.05, 0.1) is 37.8 Å². The zero-order valence-electron chi connectivity index (χ0n) is 16.1. The second-order valence-corrected chi connectivity index (χ2v) is 5.88. The van der Waals surface area contributed by atoms with Crippen LogP contribution in [0.3, 0.4) is 0 Å². The molecule has 144 valence electrons. The van der Waals surface area contributed by atoms with E-state index in [0.29, 0.717) is 17.2 Å². The molecule has 0 aliphatic rings. The lowest BCUT2D eigenvalue weighted by atomic mass is 10.2. The zero-order chi connectivity index (χ0) is 20.0. The average Bonchev–Trinajstić information content (AvgIpc) is 2.90. The van der Waals surface area contributed by atoms with Gasteiger partial charge in [-0.1, -0.05) is 6.07 Å². The summed E-state index contributed by atoms with van der Waals surface area (Å²) in [4.78, 5) is 24.0. The summed E-state index contributed by atoms with van der Waals surface area (Å²) in [7, 11) is 4.90. The van der Waals surface area contributed by atoms with Gasteiger partial charge in [-0.15, -0.1) is 0 Å². The van der Waals surface area contributed by atoms with E-state index in [0.717, 1.165) is 17.0 Å². The number of carbonyl (C=O) groups is 2. The summed E-state index contributed by atoms with van der Waals surface area (Å²) in [5, 5.41) is 9.55. The Labute approximate surface area is 158 Å². The average molecular weight is 372 g/mol. The molecule has 8 nitrogen and oxygen atoms in total. The molecule has 0 saturated carbocycles. The normalized spacial score (nSPS) is 10.7. The number of hydrogen-bond donors (Lipinski definition) is 2. The molecule has 0 spiro atoms. The molecule has 2 rings (SSSR count). The Bertz CT molecular complexity index is 871. The fraction of sp³-hybridized carbons (Fsp3) is 0.316. The topological polar surface area (TPSA) is 94.5 Å². The van der Waals surface area contributed by atoms with Gasteiger partial charge in [-0.2, -0.15) is 5.10 Å². The largest absolute Gasteiger partial charge is 0.493 e. The van der Waals surface area contributed by atoms with Gasteiger partial charge in [-0.05, 0) is 37.6 Å². The van der Waals surface area contributed by atoms with Crippen molar-refractivity contribution in [1.82, 2.24) is 15.1 Å². The Balaban J connectivity index is 1.90. The quantitative estimate of drug-likeness (QED) is 0.723. The van der Waals surface area contributed by atoms with Crippen LogP contribution in [0.15, 0.2) is 24.3 Å². The molecule has 0 unspecified atom stereocenters. The number of ether oxygens (including phenoxy) is 2. The number of methoxy groups -OCH3 is 2. The van der Waals surface area contributed by atoms with Crippen molar-refractivity contribution in [2.45, 2.75) is 13.8 Å². The zero-order valence-corrected chi connectivity index (χ0v) is 16.1. The van der Waals surface area contributed by atoms with E-state index in [2.05, 4.69) is 15.7 Å². The van der Waals surface area contributed by atoms with Gasteiger partial charge < -0.3 is 20.1 Å². The first-order valence-electron chi connectivity index (χ1n) is 8.33. The Morgan fingerprint density at radius 3 is 2.48 bits per heavy atom. The molecule has 0 saturated heterocycles. The number of amides is 2. The fourth-order valence-corrected chi connectivity index (χ4v) is 2.49. The van der Waals surface area contributed by atoms with Crippen LogP contribution in [-0.2, 0) is 16.6 Å². The van der Waals surface area contributed by atoms with Gasteiger partial charge in [0.1, 0.15) is 0 Å². The molecule has 0 bridgehead atoms. The fourth-order valence-electron chi connectivity index (χ4n) is 2.49. The molecule has 1 heterocycles. The molecular weight excluding hydrogens is 348 g/mol. The maximum Gasteiger partial charge on any atom is 0.244 e. The number of hydrogen-bond acceptors (Lipinski definition) is 5. The van der Waals surface area contributed by atoms with E-state index in [1.54, 1.807) is 50.2 Å². The van der Waals surface area contributed by atoms with Crippen LogP contribution in [0.1, 0.15) is 17.0 Å². The number of nitrogens with one attached hydrogen (secondary N) is 2. The number of rotatable bonds is 7. The van der Waals surface area contributed by atoms with Crippen molar-refractivity contribution in [2.24, 2.45) is 7.05 Å². The van der Waals surface area contributed by atoms with Gasteiger partial charge in [0.15, 0.2) is 11.5 Å². The third-order valence-corrected chi connectivity index (χ3v) is 4.03. The van der Waals surface area contributed by atoms with Crippen LogP contribution < -0.4 is 20.1 Å². The van der Waals surface area contributed by atoms with Crippen LogP contribution in [-0.4, -0.2) is 42.4 Å². The maximum atomic E-state index is 12.0. The van der Waals surface area contributed by atoms with Crippen LogP contribution in [0.4, 0.5) is 5.69 Å². The van der Waals surface area contributed by atoms with Gasteiger partial charge in [0.25, 0.3) is 0 Å². The number of aromatic nitrogens is 2. The Morgan fingerprint density at radius 1 is 1.19 bits per heavy atom. The SMILES string of the molecule is COc1ccc(/C=C/C(=O)NCC(=O)Nc2c(C)nn(C)c2C)cc1OC. The highest BCUT2D eigenvalue weighted by Crippen LogP contribution is 2.27. The molecule has 0 atom stereocenters. The second kappa shape index (κ2) is 8.88. The molecule has 0 radical (unpaired) electrons. The first-order valence-corrected chi connectivity index (χ1v) is 8.33. The second-order valence-electron chi connectivity index (χ2n) is 5.88. The number of anilines is 1. The lowest BCUT2D eigenvalue weighted by molar-refractivity contribution is -0.121. The molecule has 2 N–H and O–H groups in total. The van der Waals surface area contributed by atoms with Gasteiger partial charge in [-0.25, -0.2) is 0 Å². The first-order chi connectivity index (χ1) is 12.8. The van der Waals surface area contributed by atoms with E-state index in [1.165, 1.54) is 6.08 Å². The number of benzene rings is 1. The Morgan fingerprint density at radius 2 is 1.89 bits per heavy atom. The van der Waals surface area contributed by atoms with Crippen molar-refractivity contribution in [2.75, 3.05) is 26.1 Å². The molecule has 0 aliphatic heterocycles. The van der Waals surface area contributed by atoms with Gasteiger partial charge in [-0.3, -0.25) is 14.3 Å². The highest BCUT2D eigenvalue weighted by Gasteiger charge is 2.12. The van der Waals surface area contributed by atoms with Crippen LogP contribution in [0, 0.1) is 13.8 Å². The van der Waals surface area contributed by atoms with Crippen LogP contribution in [0.5, 0.6) is 11.5 Å². The predicted octanol–water partition coefficient (Wildman–Crippen LogP) is 1.82. The van der Waals surface area contributed by atoms with Gasteiger partial charge >= 0.3 is 0 Å². The summed E-state index contributed by atoms with van der Waals surface area (Å²) in [5.74, 6) is 0.486. The monoisotopic (exact) mass is 372 g/mol. The van der Waals surface area contributed by atoms with Gasteiger partial charge in [0.2, 0.25) is 11.8 Å². The van der Waals surface area contributed by atoms with Crippen molar-refractivity contribution >= 4 is 23.6 Å². The van der Waals surface area contributed by atoms with Gasteiger partial charge in [0, 0.05) is 13.1 Å². The number of carbonyl (C=O) groups excluding carboxylic acids is 2. The highest BCUT2D eigenvalue weighted by molar-refractivity contribution is 5.98. The minimum atomic E-state index is -0.375. The Hall–Kier alpha value is -3.29. The molecule has 1 aromatic carbocycles. The van der Waals surface area contributed by atoms with Crippen molar-refractivity contribution in [3.8, 4) is 11.5 Å². The predicted molar refractivity (Wildman–Crippen MR) is 103 cm³/mol. The van der Waals surface area contributed by atoms with E-state index in [-0.39, 0.29) is 18.4 Å². The molecule has 1 aromatic heterocycles. The van der Waals surface area contributed by atoms with Crippen molar-refractivity contribution in [1.29, 1.82) is 0 Å². The standard InChI is InChI=1S/C19H24N4O4/c1-12-19(13(2)23(3)22-12)21-18(25)11-20-17(24)9-7-14-6-8-15(26-4)16(10-14)27-5/h6-10H,11H2,1-5H3,(H,20,24)(H,21,25)/b9-7+. The van der Waals surface area contributed by atoms with E-state index >= 15 is 0 Å². The van der Waals surface area contributed by atoms with Crippen LogP contribution in [0.25, 0.3) is 6.08 Å². The van der Waals surface area contributed by atoms with E-state index in [1.807, 2.05) is 13.8 Å². The van der Waals surface area contributed by atoms with E-state index < -0.39 is 0 Å². The molecule has 0 aliphatic carbocycles. The third-order valence-electron chi connectivity index (χ3n) is 4.03. The summed E-state index contributed by atoms with van der Waals surface area (Å²) in [6.45, 7) is 3.54. The maximum absolute atomic E-state index is 12.0. The van der Waals surface area contributed by atoms with Crippen LogP contribution >= 0.6 is 0 Å². The van der Waals surface area contributed by atoms with Crippen molar-refractivity contribution in [3.63, 3.8) is 0 Å². The van der Waals surface area contributed by atoms with Crippen molar-refractivity contribution < 1.29 is 19.1 Å². The Kier molecular flexibility index (Phi) is 6.59. The molecule has 8 heteroatoms. The molecular formula is C19H24N4O4. The minimum absolute atomic E-state index is 0.136. The highest BCUT2D eigenvalue weighted by atomic mass is 16.5. The molecule has 2 amide bonds. The van der Waals surface area contributed by atoms with Crippen LogP contribution in [0.2, 0.25) is 0 Å². The third kappa shape index (κ3) is 5.10. The lowest BCUT2D eigenvalue weighted by Crippen LogP contribution is -2.31. The summed E-state index contributed by atoms with van der Waals surface area (Å²) in [6.07, 6.45) is 2.99. The van der Waals surface area contributed by atoms with E-state index in [4.69, 9.17) is 9.47 Å². The summed E-state index contributed by atoms with van der Waals surface area (Å²) in [5.41, 5.74) is 3.01.